The Morgan fingerprint density at radius 2 is 1.68 bits per heavy atom. The summed E-state index contributed by atoms with van der Waals surface area (Å²) in [6.45, 7) is 8.46. The smallest absolute Gasteiger partial charge is 0.268 e. The maximum atomic E-state index is 12.9. The maximum absolute atomic E-state index is 12.9. The Bertz CT molecular complexity index is 665. The summed E-state index contributed by atoms with van der Waals surface area (Å²) in [6, 6.07) is 7.22. The van der Waals surface area contributed by atoms with Crippen LogP contribution < -0.4 is 4.74 Å². The van der Waals surface area contributed by atoms with Crippen LogP contribution in [-0.2, 0) is 14.3 Å². The van der Waals surface area contributed by atoms with Crippen molar-refractivity contribution in [1.29, 1.82) is 0 Å². The molecule has 0 fully saturated rings. The number of methoxy groups -OCH3 is 1. The summed E-state index contributed by atoms with van der Waals surface area (Å²) in [5.41, 5.74) is 1.20. The Morgan fingerprint density at radius 1 is 1.04 bits per heavy atom. The highest BCUT2D eigenvalue weighted by Crippen LogP contribution is 2.38. The van der Waals surface area contributed by atoms with Crippen molar-refractivity contribution in [3.63, 3.8) is 0 Å². The molecule has 1 aromatic rings. The lowest BCUT2D eigenvalue weighted by molar-refractivity contribution is -0.137. The fourth-order valence-corrected chi connectivity index (χ4v) is 3.50. The van der Waals surface area contributed by atoms with E-state index in [2.05, 4.69) is 0 Å². The summed E-state index contributed by atoms with van der Waals surface area (Å²) in [4.78, 5) is 27.5. The molecule has 1 aromatic carbocycles. The Balaban J connectivity index is 2.31. The van der Waals surface area contributed by atoms with Gasteiger partial charge in [-0.25, -0.2) is 0 Å². The van der Waals surface area contributed by atoms with Crippen LogP contribution in [0.4, 0.5) is 0 Å². The molecule has 0 spiro atoms. The van der Waals surface area contributed by atoms with E-state index in [0.29, 0.717) is 22.8 Å². The molecule has 0 aliphatic carbocycles. The number of benzene rings is 1. The van der Waals surface area contributed by atoms with Crippen LogP contribution in [0.3, 0.4) is 0 Å². The Labute approximate surface area is 153 Å². The highest BCUT2D eigenvalue weighted by molar-refractivity contribution is 8.04. The summed E-state index contributed by atoms with van der Waals surface area (Å²) in [7, 11) is 1.59. The van der Waals surface area contributed by atoms with Crippen molar-refractivity contribution in [3.05, 3.63) is 34.7 Å². The van der Waals surface area contributed by atoms with E-state index in [1.807, 2.05) is 39.8 Å². The lowest BCUT2D eigenvalue weighted by Crippen LogP contribution is -2.35. The molecule has 1 heterocycles. The van der Waals surface area contributed by atoms with Gasteiger partial charge in [-0.1, -0.05) is 26.0 Å². The van der Waals surface area contributed by atoms with Crippen molar-refractivity contribution in [2.75, 3.05) is 20.3 Å². The van der Waals surface area contributed by atoms with Gasteiger partial charge in [0.1, 0.15) is 5.75 Å². The van der Waals surface area contributed by atoms with Gasteiger partial charge in [-0.05, 0) is 31.5 Å². The molecule has 2 rings (SSSR count). The van der Waals surface area contributed by atoms with Crippen LogP contribution in [0.25, 0.3) is 5.57 Å². The first-order chi connectivity index (χ1) is 11.8. The number of imide groups is 1. The molecule has 0 aromatic heterocycles. The zero-order valence-electron chi connectivity index (χ0n) is 15.4. The topological polar surface area (TPSA) is 55.8 Å². The third-order valence-corrected chi connectivity index (χ3v) is 4.71. The van der Waals surface area contributed by atoms with Crippen LogP contribution in [0.1, 0.15) is 33.3 Å². The van der Waals surface area contributed by atoms with E-state index in [9.17, 15) is 9.59 Å². The molecule has 136 valence electrons. The average molecular weight is 363 g/mol. The van der Waals surface area contributed by atoms with Crippen LogP contribution in [0.2, 0.25) is 0 Å². The van der Waals surface area contributed by atoms with E-state index in [0.717, 1.165) is 5.56 Å². The van der Waals surface area contributed by atoms with Crippen molar-refractivity contribution in [2.45, 2.75) is 39.0 Å². The van der Waals surface area contributed by atoms with E-state index in [4.69, 9.17) is 9.47 Å². The number of ether oxygens (including phenoxy) is 2. The zero-order chi connectivity index (χ0) is 18.6. The van der Waals surface area contributed by atoms with Crippen molar-refractivity contribution in [1.82, 2.24) is 4.90 Å². The molecule has 25 heavy (non-hydrogen) atoms. The van der Waals surface area contributed by atoms with Gasteiger partial charge in [0.2, 0.25) is 0 Å². The molecule has 0 atom stereocenters. The summed E-state index contributed by atoms with van der Waals surface area (Å²) in [6.07, 6.45) is 0.0614. The van der Waals surface area contributed by atoms with Crippen molar-refractivity contribution < 1.29 is 19.1 Å². The van der Waals surface area contributed by atoms with E-state index in [-0.39, 0.29) is 29.7 Å². The van der Waals surface area contributed by atoms with Crippen molar-refractivity contribution in [3.8, 4) is 5.75 Å². The van der Waals surface area contributed by atoms with Crippen molar-refractivity contribution >= 4 is 29.1 Å². The molecule has 2 amide bonds. The first-order valence-corrected chi connectivity index (χ1v) is 9.26. The molecule has 0 saturated heterocycles. The molecule has 5 nitrogen and oxygen atoms in total. The molecular weight excluding hydrogens is 338 g/mol. The minimum atomic E-state index is -0.259. The van der Waals surface area contributed by atoms with Gasteiger partial charge >= 0.3 is 0 Å². The number of nitrogens with zero attached hydrogens (tertiary/aromatic N) is 1. The SMILES string of the molecule is COc1ccc(C2=C(SC(C)C)C(=O)N(CCOC(C)C)C2=O)cc1. The molecule has 0 bridgehead atoms. The van der Waals surface area contributed by atoms with E-state index in [1.165, 1.54) is 16.7 Å². The fourth-order valence-electron chi connectivity index (χ4n) is 2.49. The minimum Gasteiger partial charge on any atom is -0.497 e. The number of carbonyl (C=O) groups is 2. The first kappa shape index (κ1) is 19.5. The van der Waals surface area contributed by atoms with Gasteiger partial charge in [0, 0.05) is 5.25 Å². The van der Waals surface area contributed by atoms with E-state index >= 15 is 0 Å². The minimum absolute atomic E-state index is 0.0614. The maximum Gasteiger partial charge on any atom is 0.268 e. The molecule has 0 N–H and O–H groups in total. The number of hydrogen-bond acceptors (Lipinski definition) is 5. The van der Waals surface area contributed by atoms with Gasteiger partial charge in [0.25, 0.3) is 11.8 Å². The monoisotopic (exact) mass is 363 g/mol. The van der Waals surface area contributed by atoms with Gasteiger partial charge in [-0.3, -0.25) is 14.5 Å². The average Bonchev–Trinajstić information content (AvgIpc) is 2.78. The third kappa shape index (κ3) is 4.64. The van der Waals surface area contributed by atoms with Crippen LogP contribution in [0, 0.1) is 0 Å². The van der Waals surface area contributed by atoms with Crippen LogP contribution in [-0.4, -0.2) is 48.3 Å². The predicted octanol–water partition coefficient (Wildman–Crippen LogP) is 3.34. The highest BCUT2D eigenvalue weighted by Gasteiger charge is 2.39. The first-order valence-electron chi connectivity index (χ1n) is 8.38. The molecule has 0 unspecified atom stereocenters. The largest absolute Gasteiger partial charge is 0.497 e. The number of thioether (sulfide) groups is 1. The Kier molecular flexibility index (Phi) is 6.67. The number of amides is 2. The summed E-state index contributed by atoms with van der Waals surface area (Å²) in [5, 5.41) is 0.201. The number of hydrogen-bond donors (Lipinski definition) is 0. The van der Waals surface area contributed by atoms with E-state index < -0.39 is 0 Å². The summed E-state index contributed by atoms with van der Waals surface area (Å²) in [5.74, 6) is 0.217. The van der Waals surface area contributed by atoms with Gasteiger partial charge in [-0.15, -0.1) is 11.8 Å². The quantitative estimate of drug-likeness (QED) is 0.663. The van der Waals surface area contributed by atoms with Crippen LogP contribution in [0.15, 0.2) is 29.2 Å². The number of carbonyl (C=O) groups excluding carboxylic acids is 2. The second-order valence-electron chi connectivity index (χ2n) is 6.28. The number of rotatable bonds is 8. The second-order valence-corrected chi connectivity index (χ2v) is 7.87. The zero-order valence-corrected chi connectivity index (χ0v) is 16.2. The second kappa shape index (κ2) is 8.54. The normalized spacial score (nSPS) is 15.1. The summed E-state index contributed by atoms with van der Waals surface area (Å²) >= 11 is 1.43. The third-order valence-electron chi connectivity index (χ3n) is 3.62. The molecule has 6 heteroatoms. The van der Waals surface area contributed by atoms with Crippen LogP contribution in [0.5, 0.6) is 5.75 Å². The molecular formula is C19H25NO4S. The standard InChI is InChI=1S/C19H25NO4S/c1-12(2)24-11-10-20-18(21)16(17(19(20)22)25-13(3)4)14-6-8-15(23-5)9-7-14/h6-9,12-13H,10-11H2,1-5H3. The van der Waals surface area contributed by atoms with Gasteiger partial charge in [0.05, 0.1) is 36.8 Å². The lowest BCUT2D eigenvalue weighted by atomic mass is 10.1. The molecule has 0 radical (unpaired) electrons. The lowest BCUT2D eigenvalue weighted by Gasteiger charge is -2.16. The molecule has 0 saturated carbocycles. The Morgan fingerprint density at radius 3 is 2.20 bits per heavy atom. The summed E-state index contributed by atoms with van der Waals surface area (Å²) < 4.78 is 10.7. The van der Waals surface area contributed by atoms with Crippen molar-refractivity contribution in [2.24, 2.45) is 0 Å². The Hall–Kier alpha value is -1.79. The van der Waals surface area contributed by atoms with Gasteiger partial charge in [0.15, 0.2) is 0 Å². The fraction of sp³-hybridized carbons (Fsp3) is 0.474. The van der Waals surface area contributed by atoms with Gasteiger partial charge < -0.3 is 9.47 Å². The molecule has 1 aliphatic rings. The molecule has 1 aliphatic heterocycles. The predicted molar refractivity (Wildman–Crippen MR) is 100 cm³/mol. The van der Waals surface area contributed by atoms with Gasteiger partial charge in [-0.2, -0.15) is 0 Å². The highest BCUT2D eigenvalue weighted by atomic mass is 32.2. The van der Waals surface area contributed by atoms with E-state index in [1.54, 1.807) is 19.2 Å². The van der Waals surface area contributed by atoms with Crippen LogP contribution >= 0.6 is 11.8 Å².